The summed E-state index contributed by atoms with van der Waals surface area (Å²) in [4.78, 5) is 81.6. The highest BCUT2D eigenvalue weighted by atomic mass is 16.5. The molecule has 6 atom stereocenters. The van der Waals surface area contributed by atoms with E-state index in [1.165, 1.54) is 0 Å². The lowest BCUT2D eigenvalue weighted by Gasteiger charge is -2.36. The Bertz CT molecular complexity index is 1470. The molecule has 48 heavy (non-hydrogen) atoms. The Balaban J connectivity index is 1.41. The number of hydrogen-bond donors (Lipinski definition) is 3. The Labute approximate surface area is 282 Å². The molecule has 4 amide bonds. The fourth-order valence-electron chi connectivity index (χ4n) is 6.20. The van der Waals surface area contributed by atoms with Crippen molar-refractivity contribution in [2.24, 2.45) is 5.92 Å². The average molecular weight is 661 g/mol. The van der Waals surface area contributed by atoms with Gasteiger partial charge in [-0.2, -0.15) is 0 Å². The second kappa shape index (κ2) is 16.5. The quantitative estimate of drug-likeness (QED) is 0.233. The zero-order valence-electron chi connectivity index (χ0n) is 28.3. The molecular formula is C37H48N4O7. The maximum atomic E-state index is 14.0. The van der Waals surface area contributed by atoms with Gasteiger partial charge in [0, 0.05) is 19.4 Å². The minimum absolute atomic E-state index is 0.0583. The Morgan fingerprint density at radius 3 is 2.25 bits per heavy atom. The zero-order chi connectivity index (χ0) is 34.8. The van der Waals surface area contributed by atoms with Gasteiger partial charge in [0.1, 0.15) is 23.7 Å². The number of nitrogens with zero attached hydrogens (tertiary/aromatic N) is 1. The van der Waals surface area contributed by atoms with Crippen molar-refractivity contribution in [2.45, 2.75) is 109 Å². The van der Waals surface area contributed by atoms with Crippen molar-refractivity contribution in [3.05, 3.63) is 71.8 Å². The van der Waals surface area contributed by atoms with Crippen LogP contribution in [-0.4, -0.2) is 76.6 Å². The molecule has 2 fully saturated rings. The molecule has 2 heterocycles. The molecule has 4 rings (SSSR count). The highest BCUT2D eigenvalue weighted by Gasteiger charge is 2.44. The summed E-state index contributed by atoms with van der Waals surface area (Å²) in [5.74, 6) is -2.38. The lowest BCUT2D eigenvalue weighted by molar-refractivity contribution is -0.144. The third-order valence-electron chi connectivity index (χ3n) is 9.39. The van der Waals surface area contributed by atoms with E-state index < -0.39 is 53.5 Å². The number of carbonyl (C=O) groups is 6. The van der Waals surface area contributed by atoms with E-state index >= 15 is 0 Å². The number of carbonyl (C=O) groups excluding carboxylic acids is 6. The molecule has 258 valence electrons. The first-order valence-corrected chi connectivity index (χ1v) is 17.0. The van der Waals surface area contributed by atoms with Gasteiger partial charge in [0.15, 0.2) is 11.9 Å². The van der Waals surface area contributed by atoms with Crippen LogP contribution < -0.4 is 16.0 Å². The topological polar surface area (TPSA) is 151 Å². The summed E-state index contributed by atoms with van der Waals surface area (Å²) >= 11 is 0. The van der Waals surface area contributed by atoms with Crippen molar-refractivity contribution >= 4 is 35.4 Å². The van der Waals surface area contributed by atoms with Gasteiger partial charge in [0.2, 0.25) is 23.6 Å². The van der Waals surface area contributed by atoms with Gasteiger partial charge in [-0.15, -0.1) is 0 Å². The van der Waals surface area contributed by atoms with Gasteiger partial charge < -0.3 is 25.6 Å². The van der Waals surface area contributed by atoms with E-state index in [4.69, 9.17) is 4.74 Å². The van der Waals surface area contributed by atoms with Crippen molar-refractivity contribution in [3.63, 3.8) is 0 Å². The van der Waals surface area contributed by atoms with Gasteiger partial charge in [-0.05, 0) is 63.1 Å². The van der Waals surface area contributed by atoms with Crippen molar-refractivity contribution in [1.82, 2.24) is 20.9 Å². The Kier molecular flexibility index (Phi) is 12.5. The van der Waals surface area contributed by atoms with E-state index in [0.29, 0.717) is 37.8 Å². The highest BCUT2D eigenvalue weighted by Crippen LogP contribution is 2.26. The van der Waals surface area contributed by atoms with Crippen LogP contribution in [0.1, 0.15) is 88.6 Å². The second-order valence-corrected chi connectivity index (χ2v) is 13.3. The first-order chi connectivity index (χ1) is 22.9. The van der Waals surface area contributed by atoms with E-state index in [0.717, 1.165) is 5.56 Å². The van der Waals surface area contributed by atoms with Gasteiger partial charge in [0.25, 0.3) is 0 Å². The summed E-state index contributed by atoms with van der Waals surface area (Å²) in [6.07, 6.45) is 2.14. The number of rotatable bonds is 12. The zero-order valence-corrected chi connectivity index (χ0v) is 28.3. The van der Waals surface area contributed by atoms with Crippen LogP contribution in [0.5, 0.6) is 0 Å². The molecule has 11 nitrogen and oxygen atoms in total. The van der Waals surface area contributed by atoms with Gasteiger partial charge >= 0.3 is 5.97 Å². The molecule has 3 N–H and O–H groups in total. The summed E-state index contributed by atoms with van der Waals surface area (Å²) in [7, 11) is 0. The number of fused-ring (bicyclic) bond motifs is 1. The molecule has 0 aliphatic carbocycles. The summed E-state index contributed by atoms with van der Waals surface area (Å²) in [6, 6.07) is 15.2. The van der Waals surface area contributed by atoms with E-state index in [-0.39, 0.29) is 43.3 Å². The predicted octanol–water partition coefficient (Wildman–Crippen LogP) is 3.50. The second-order valence-electron chi connectivity index (χ2n) is 13.3. The van der Waals surface area contributed by atoms with Crippen LogP contribution in [0.2, 0.25) is 0 Å². The summed E-state index contributed by atoms with van der Waals surface area (Å²) in [6.45, 7) is 7.29. The number of ketones is 1. The Morgan fingerprint density at radius 1 is 0.917 bits per heavy atom. The van der Waals surface area contributed by atoms with Crippen LogP contribution >= 0.6 is 0 Å². The van der Waals surface area contributed by atoms with Gasteiger partial charge in [-0.25, -0.2) is 4.79 Å². The number of benzene rings is 2. The molecule has 0 unspecified atom stereocenters. The number of esters is 1. The highest BCUT2D eigenvalue weighted by molar-refractivity contribution is 5.99. The maximum absolute atomic E-state index is 14.0. The van der Waals surface area contributed by atoms with Crippen LogP contribution in [0.4, 0.5) is 0 Å². The molecule has 2 aromatic rings. The van der Waals surface area contributed by atoms with Crippen molar-refractivity contribution in [3.8, 4) is 0 Å². The first kappa shape index (κ1) is 36.3. The third kappa shape index (κ3) is 9.29. The van der Waals surface area contributed by atoms with Gasteiger partial charge in [-0.1, -0.05) is 75.2 Å². The molecule has 2 aliphatic rings. The average Bonchev–Trinajstić information content (AvgIpc) is 3.48. The molecule has 2 saturated heterocycles. The molecule has 11 heteroatoms. The normalized spacial score (nSPS) is 25.5. The molecule has 2 aromatic carbocycles. The molecule has 0 saturated carbocycles. The summed E-state index contributed by atoms with van der Waals surface area (Å²) in [5, 5.41) is 8.67. The molecule has 0 radical (unpaired) electrons. The van der Waals surface area contributed by atoms with E-state index in [9.17, 15) is 28.8 Å². The van der Waals surface area contributed by atoms with Crippen LogP contribution in [0, 0.1) is 5.92 Å². The van der Waals surface area contributed by atoms with Crippen LogP contribution in [-0.2, 0) is 35.1 Å². The van der Waals surface area contributed by atoms with Crippen LogP contribution in [0.15, 0.2) is 60.7 Å². The SMILES string of the molecule is CC[C@]1(C)NC(=O)[C@H](CCCCCC(=O)[C@@H](C)OC(=O)c2ccccc2)NC(=O)[C@H]2C[C@H](C)CN2C(=O)[C@H](Cc2ccccc2)NC1=O. The number of unbranched alkanes of at least 4 members (excludes halogenated alkanes) is 2. The predicted molar refractivity (Wildman–Crippen MR) is 180 cm³/mol. The maximum Gasteiger partial charge on any atom is 0.338 e. The fourth-order valence-corrected chi connectivity index (χ4v) is 6.20. The number of hydrogen-bond acceptors (Lipinski definition) is 7. The molecule has 2 aliphatic heterocycles. The van der Waals surface area contributed by atoms with Gasteiger partial charge in [0.05, 0.1) is 5.56 Å². The lowest BCUT2D eigenvalue weighted by Crippen LogP contribution is -2.65. The standard InChI is InChI=1S/C37H48N4O7/c1-5-37(4)36(47)39-29(22-26-15-9-6-10-16-26)34(45)41-23-24(2)21-30(41)33(44)38-28(32(43)40-37)19-13-8-14-20-31(42)25(3)48-35(46)27-17-11-7-12-18-27/h6-7,9-12,15-18,24-25,28-30H,5,8,13-14,19-23H2,1-4H3,(H,38,44)(H,39,47)(H,40,43)/t24-,25+,28-,29-,30+,37-/m0/s1. The minimum atomic E-state index is -1.33. The first-order valence-electron chi connectivity index (χ1n) is 17.0. The van der Waals surface area contributed by atoms with Crippen molar-refractivity contribution in [2.75, 3.05) is 6.54 Å². The monoisotopic (exact) mass is 660 g/mol. The molecular weight excluding hydrogens is 612 g/mol. The minimum Gasteiger partial charge on any atom is -0.451 e. The van der Waals surface area contributed by atoms with Crippen molar-refractivity contribution in [1.29, 1.82) is 0 Å². The number of nitrogens with one attached hydrogen (secondary N) is 3. The fraction of sp³-hybridized carbons (Fsp3) is 0.514. The molecule has 0 spiro atoms. The summed E-state index contributed by atoms with van der Waals surface area (Å²) < 4.78 is 5.32. The van der Waals surface area contributed by atoms with Crippen LogP contribution in [0.3, 0.4) is 0 Å². The number of Topliss-reactive ketones (excluding diaryl/α,β-unsaturated/α-hetero) is 1. The smallest absolute Gasteiger partial charge is 0.338 e. The molecule has 0 bridgehead atoms. The van der Waals surface area contributed by atoms with E-state index in [1.54, 1.807) is 56.0 Å². The largest absolute Gasteiger partial charge is 0.451 e. The Morgan fingerprint density at radius 2 is 1.58 bits per heavy atom. The molecule has 0 aromatic heterocycles. The third-order valence-corrected chi connectivity index (χ3v) is 9.39. The van der Waals surface area contributed by atoms with E-state index in [1.807, 2.05) is 37.3 Å². The van der Waals surface area contributed by atoms with Crippen molar-refractivity contribution < 1.29 is 33.5 Å². The number of amides is 4. The lowest BCUT2D eigenvalue weighted by atomic mass is 9.94. The Hall–Kier alpha value is -4.54. The van der Waals surface area contributed by atoms with Gasteiger partial charge in [-0.3, -0.25) is 24.0 Å². The van der Waals surface area contributed by atoms with E-state index in [2.05, 4.69) is 16.0 Å². The summed E-state index contributed by atoms with van der Waals surface area (Å²) in [5.41, 5.74) is -0.0906. The number of ether oxygens (including phenoxy) is 1. The van der Waals surface area contributed by atoms with Crippen LogP contribution in [0.25, 0.3) is 0 Å².